The monoisotopic (exact) mass is 328 g/mol. The third-order valence-electron chi connectivity index (χ3n) is 4.07. The van der Waals surface area contributed by atoms with Crippen molar-refractivity contribution in [3.63, 3.8) is 0 Å². The van der Waals surface area contributed by atoms with Gasteiger partial charge in [-0.2, -0.15) is 0 Å². The molecule has 0 spiro atoms. The number of nitrogens with one attached hydrogen (secondary N) is 1. The van der Waals surface area contributed by atoms with Crippen LogP contribution in [0, 0.1) is 5.92 Å². The van der Waals surface area contributed by atoms with Crippen LogP contribution in [0.2, 0.25) is 0 Å². The topological polar surface area (TPSA) is 67.9 Å². The summed E-state index contributed by atoms with van der Waals surface area (Å²) in [6.45, 7) is 2.51. The number of piperidine rings is 1. The van der Waals surface area contributed by atoms with Gasteiger partial charge in [0.25, 0.3) is 0 Å². The molecule has 1 fully saturated rings. The van der Waals surface area contributed by atoms with E-state index in [-0.39, 0.29) is 4.90 Å². The summed E-state index contributed by atoms with van der Waals surface area (Å²) < 4.78 is 37.8. The third kappa shape index (κ3) is 4.12. The Labute approximate surface area is 132 Å². The fourth-order valence-corrected chi connectivity index (χ4v) is 3.69. The van der Waals surface area contributed by atoms with E-state index in [1.54, 1.807) is 6.07 Å². The first-order chi connectivity index (χ1) is 10.5. The van der Waals surface area contributed by atoms with Gasteiger partial charge in [0.1, 0.15) is 0 Å². The Hall–Kier alpha value is -1.31. The quantitative estimate of drug-likeness (QED) is 0.853. The maximum absolute atomic E-state index is 12.4. The summed E-state index contributed by atoms with van der Waals surface area (Å²) in [6, 6.07) is 4.61. The van der Waals surface area contributed by atoms with E-state index in [1.807, 2.05) is 0 Å². The first-order valence-corrected chi connectivity index (χ1v) is 8.85. The number of sulfonamides is 1. The molecule has 1 aliphatic rings. The minimum atomic E-state index is -3.53. The molecule has 22 heavy (non-hydrogen) atoms. The van der Waals surface area contributed by atoms with Gasteiger partial charge in [-0.1, -0.05) is 0 Å². The summed E-state index contributed by atoms with van der Waals surface area (Å²) >= 11 is 0. The Morgan fingerprint density at radius 3 is 2.41 bits per heavy atom. The first kappa shape index (κ1) is 17.1. The Balaban J connectivity index is 2.03. The molecule has 124 valence electrons. The Bertz CT molecular complexity index is 596. The normalized spacial score (nSPS) is 17.4. The van der Waals surface area contributed by atoms with Crippen molar-refractivity contribution in [3.8, 4) is 11.5 Å². The maximum Gasteiger partial charge on any atom is 0.240 e. The molecular formula is C15H24N2O4S. The summed E-state index contributed by atoms with van der Waals surface area (Å²) in [5, 5.41) is 0. The van der Waals surface area contributed by atoms with Gasteiger partial charge in [-0.15, -0.1) is 0 Å². The lowest BCUT2D eigenvalue weighted by molar-refractivity contribution is 0.220. The summed E-state index contributed by atoms with van der Waals surface area (Å²) in [6.07, 6.45) is 2.04. The fourth-order valence-electron chi connectivity index (χ4n) is 2.56. The van der Waals surface area contributed by atoms with Crippen LogP contribution in [0.1, 0.15) is 12.8 Å². The van der Waals surface area contributed by atoms with Gasteiger partial charge in [-0.25, -0.2) is 13.1 Å². The van der Waals surface area contributed by atoms with E-state index in [2.05, 4.69) is 16.7 Å². The highest BCUT2D eigenvalue weighted by atomic mass is 32.2. The van der Waals surface area contributed by atoms with Crippen molar-refractivity contribution < 1.29 is 17.9 Å². The van der Waals surface area contributed by atoms with Gasteiger partial charge >= 0.3 is 0 Å². The zero-order chi connectivity index (χ0) is 16.2. The predicted octanol–water partition coefficient (Wildman–Crippen LogP) is 1.32. The summed E-state index contributed by atoms with van der Waals surface area (Å²) in [7, 11) is 1.56. The van der Waals surface area contributed by atoms with Gasteiger partial charge in [0.2, 0.25) is 10.0 Å². The van der Waals surface area contributed by atoms with Crippen LogP contribution in [0.15, 0.2) is 23.1 Å². The highest BCUT2D eigenvalue weighted by molar-refractivity contribution is 7.89. The van der Waals surface area contributed by atoms with E-state index >= 15 is 0 Å². The summed E-state index contributed by atoms with van der Waals surface area (Å²) in [5.41, 5.74) is 0. The van der Waals surface area contributed by atoms with Crippen molar-refractivity contribution >= 4 is 10.0 Å². The molecule has 1 aliphatic heterocycles. The fraction of sp³-hybridized carbons (Fsp3) is 0.600. The van der Waals surface area contributed by atoms with Crippen LogP contribution in [0.4, 0.5) is 0 Å². The van der Waals surface area contributed by atoms with Crippen molar-refractivity contribution in [3.05, 3.63) is 18.2 Å². The van der Waals surface area contributed by atoms with E-state index in [0.29, 0.717) is 24.0 Å². The molecule has 0 saturated carbocycles. The molecule has 6 nitrogen and oxygen atoms in total. The van der Waals surface area contributed by atoms with Crippen molar-refractivity contribution in [2.75, 3.05) is 40.9 Å². The SMILES string of the molecule is COc1ccc(S(=O)(=O)NCC2CCN(C)CC2)cc1OC. The molecule has 1 aromatic carbocycles. The van der Waals surface area contributed by atoms with Gasteiger partial charge < -0.3 is 14.4 Å². The summed E-state index contributed by atoms with van der Waals surface area (Å²) in [5.74, 6) is 1.31. The van der Waals surface area contributed by atoms with Crippen LogP contribution in [-0.4, -0.2) is 54.2 Å². The van der Waals surface area contributed by atoms with Gasteiger partial charge in [-0.3, -0.25) is 0 Å². The average Bonchev–Trinajstić information content (AvgIpc) is 2.53. The molecule has 0 atom stereocenters. The molecule has 0 unspecified atom stereocenters. The number of benzene rings is 1. The van der Waals surface area contributed by atoms with Crippen LogP contribution in [-0.2, 0) is 10.0 Å². The van der Waals surface area contributed by atoms with Crippen LogP contribution in [0.3, 0.4) is 0 Å². The van der Waals surface area contributed by atoms with Crippen LogP contribution in [0.25, 0.3) is 0 Å². The number of hydrogen-bond donors (Lipinski definition) is 1. The molecule has 0 amide bonds. The Morgan fingerprint density at radius 2 is 1.82 bits per heavy atom. The van der Waals surface area contributed by atoms with Crippen molar-refractivity contribution in [2.24, 2.45) is 5.92 Å². The lowest BCUT2D eigenvalue weighted by Gasteiger charge is -2.28. The molecule has 1 N–H and O–H groups in total. The van der Waals surface area contributed by atoms with E-state index in [4.69, 9.17) is 9.47 Å². The van der Waals surface area contributed by atoms with E-state index in [9.17, 15) is 8.42 Å². The van der Waals surface area contributed by atoms with Crippen LogP contribution >= 0.6 is 0 Å². The second-order valence-electron chi connectivity index (χ2n) is 5.62. The molecule has 0 aromatic heterocycles. The molecule has 2 rings (SSSR count). The maximum atomic E-state index is 12.4. The van der Waals surface area contributed by atoms with Gasteiger partial charge in [0.15, 0.2) is 11.5 Å². The molecular weight excluding hydrogens is 304 g/mol. The van der Waals surface area contributed by atoms with Gasteiger partial charge in [-0.05, 0) is 51.0 Å². The zero-order valence-electron chi connectivity index (χ0n) is 13.3. The highest BCUT2D eigenvalue weighted by Gasteiger charge is 2.21. The molecule has 0 bridgehead atoms. The lowest BCUT2D eigenvalue weighted by atomic mass is 9.98. The van der Waals surface area contributed by atoms with E-state index < -0.39 is 10.0 Å². The number of hydrogen-bond acceptors (Lipinski definition) is 5. The lowest BCUT2D eigenvalue weighted by Crippen LogP contribution is -2.36. The molecule has 7 heteroatoms. The predicted molar refractivity (Wildman–Crippen MR) is 85.0 cm³/mol. The van der Waals surface area contributed by atoms with Gasteiger partial charge in [0, 0.05) is 12.6 Å². The second-order valence-corrected chi connectivity index (χ2v) is 7.38. The number of likely N-dealkylation sites (tertiary alicyclic amines) is 1. The van der Waals surface area contributed by atoms with Crippen molar-refractivity contribution in [1.82, 2.24) is 9.62 Å². The second kappa shape index (κ2) is 7.30. The van der Waals surface area contributed by atoms with E-state index in [0.717, 1.165) is 25.9 Å². The minimum Gasteiger partial charge on any atom is -0.493 e. The summed E-state index contributed by atoms with van der Waals surface area (Å²) in [4.78, 5) is 2.46. The van der Waals surface area contributed by atoms with Crippen molar-refractivity contribution in [2.45, 2.75) is 17.7 Å². The smallest absolute Gasteiger partial charge is 0.240 e. The van der Waals surface area contributed by atoms with Crippen LogP contribution in [0.5, 0.6) is 11.5 Å². The Kier molecular flexibility index (Phi) is 5.66. The molecule has 1 saturated heterocycles. The number of methoxy groups -OCH3 is 2. The minimum absolute atomic E-state index is 0.193. The number of nitrogens with zero attached hydrogens (tertiary/aromatic N) is 1. The standard InChI is InChI=1S/C15H24N2O4S/c1-17-8-6-12(7-9-17)11-16-22(18,19)13-4-5-14(20-2)15(10-13)21-3/h4-5,10,12,16H,6-9,11H2,1-3H3. The van der Waals surface area contributed by atoms with Crippen LogP contribution < -0.4 is 14.2 Å². The molecule has 0 radical (unpaired) electrons. The van der Waals surface area contributed by atoms with Gasteiger partial charge in [0.05, 0.1) is 19.1 Å². The van der Waals surface area contributed by atoms with Crippen molar-refractivity contribution in [1.29, 1.82) is 0 Å². The molecule has 1 heterocycles. The largest absolute Gasteiger partial charge is 0.493 e. The Morgan fingerprint density at radius 1 is 1.18 bits per heavy atom. The highest BCUT2D eigenvalue weighted by Crippen LogP contribution is 2.29. The molecule has 1 aromatic rings. The zero-order valence-corrected chi connectivity index (χ0v) is 14.1. The third-order valence-corrected chi connectivity index (χ3v) is 5.49. The first-order valence-electron chi connectivity index (χ1n) is 7.36. The number of rotatable bonds is 6. The average molecular weight is 328 g/mol. The number of ether oxygens (including phenoxy) is 2. The van der Waals surface area contributed by atoms with E-state index in [1.165, 1.54) is 26.4 Å². The molecule has 0 aliphatic carbocycles.